The minimum atomic E-state index is -1.60. The maximum Gasteiger partial charge on any atom is 0.536 e. The topological polar surface area (TPSA) is 144 Å². The predicted octanol–water partition coefficient (Wildman–Crippen LogP) is 2.66. The predicted molar refractivity (Wildman–Crippen MR) is 130 cm³/mol. The molecule has 2 saturated heterocycles. The number of carbonyl (C=O) groups is 5. The van der Waals surface area contributed by atoms with Crippen LogP contribution in [0.4, 0.5) is 4.79 Å². The third-order valence-electron chi connectivity index (χ3n) is 5.97. The van der Waals surface area contributed by atoms with Gasteiger partial charge in [0.05, 0.1) is 17.0 Å². The van der Waals surface area contributed by atoms with Gasteiger partial charge in [0.2, 0.25) is 12.4 Å². The molecular formula is C27H27NO11. The van der Waals surface area contributed by atoms with Crippen molar-refractivity contribution in [3.63, 3.8) is 0 Å². The summed E-state index contributed by atoms with van der Waals surface area (Å²) in [4.78, 5) is 67.9. The molecule has 4 rings (SSSR count). The molecule has 0 radical (unpaired) electrons. The summed E-state index contributed by atoms with van der Waals surface area (Å²) < 4.78 is 26.1. The largest absolute Gasteiger partial charge is 0.536 e. The Kier molecular flexibility index (Phi) is 9.10. The second kappa shape index (κ2) is 12.9. The van der Waals surface area contributed by atoms with Gasteiger partial charge in [0, 0.05) is 20.1 Å². The molecule has 0 spiro atoms. The molecule has 0 unspecified atom stereocenters. The first-order valence-corrected chi connectivity index (χ1v) is 12.3. The molecule has 12 heteroatoms. The van der Waals surface area contributed by atoms with Crippen molar-refractivity contribution in [2.75, 3.05) is 19.8 Å². The van der Waals surface area contributed by atoms with E-state index in [0.29, 0.717) is 31.1 Å². The molecule has 0 aromatic heterocycles. The van der Waals surface area contributed by atoms with Crippen LogP contribution in [0.15, 0.2) is 60.7 Å². The van der Waals surface area contributed by atoms with Crippen molar-refractivity contribution in [3.05, 3.63) is 71.8 Å². The Morgan fingerprint density at radius 1 is 0.846 bits per heavy atom. The summed E-state index contributed by atoms with van der Waals surface area (Å²) in [5, 5.41) is 0.571. The van der Waals surface area contributed by atoms with Crippen LogP contribution in [0.3, 0.4) is 0 Å². The van der Waals surface area contributed by atoms with E-state index in [4.69, 9.17) is 28.5 Å². The summed E-state index contributed by atoms with van der Waals surface area (Å²) in [6, 6.07) is 15.9. The van der Waals surface area contributed by atoms with E-state index in [9.17, 15) is 24.0 Å². The second-order valence-electron chi connectivity index (χ2n) is 8.75. The van der Waals surface area contributed by atoms with Crippen LogP contribution < -0.4 is 0 Å². The average molecular weight is 542 g/mol. The Bertz CT molecular complexity index is 1180. The molecule has 2 aliphatic heterocycles. The van der Waals surface area contributed by atoms with Crippen LogP contribution in [0.25, 0.3) is 0 Å². The van der Waals surface area contributed by atoms with E-state index >= 15 is 0 Å². The van der Waals surface area contributed by atoms with Crippen molar-refractivity contribution < 1.29 is 52.5 Å². The van der Waals surface area contributed by atoms with E-state index < -0.39 is 55.0 Å². The summed E-state index contributed by atoms with van der Waals surface area (Å²) >= 11 is 0. The molecular weight excluding hydrogens is 514 g/mol. The molecule has 206 valence electrons. The van der Waals surface area contributed by atoms with Gasteiger partial charge in [-0.3, -0.25) is 9.59 Å². The lowest BCUT2D eigenvalue weighted by Crippen LogP contribution is -2.37. The molecule has 0 aliphatic carbocycles. The Hall–Kier alpha value is -4.45. The molecule has 0 saturated carbocycles. The van der Waals surface area contributed by atoms with Gasteiger partial charge in [-0.15, -0.1) is 0 Å². The first-order chi connectivity index (χ1) is 18.8. The summed E-state index contributed by atoms with van der Waals surface area (Å²) in [5.74, 6) is -3.48. The number of hydrogen-bond donors (Lipinski definition) is 0. The van der Waals surface area contributed by atoms with Crippen molar-refractivity contribution in [1.29, 1.82) is 0 Å². The SMILES string of the molecule is C[C@@H](OC(=O)ON1C[C@@H](OC(=O)c2ccccc2)[C@H](OC(=O)c2ccccc2)C1=O)OC(=O)C1CCOCC1. The molecule has 1 amide bonds. The molecule has 39 heavy (non-hydrogen) atoms. The second-order valence-corrected chi connectivity index (χ2v) is 8.75. The highest BCUT2D eigenvalue weighted by molar-refractivity contribution is 5.94. The molecule has 2 aromatic rings. The molecule has 2 aliphatic rings. The minimum absolute atomic E-state index is 0.164. The highest BCUT2D eigenvalue weighted by Gasteiger charge is 2.48. The minimum Gasteiger partial charge on any atom is -0.452 e. The smallest absolute Gasteiger partial charge is 0.452 e. The first-order valence-electron chi connectivity index (χ1n) is 12.3. The van der Waals surface area contributed by atoms with Gasteiger partial charge in [-0.05, 0) is 37.1 Å². The first kappa shape index (κ1) is 27.6. The van der Waals surface area contributed by atoms with Gasteiger partial charge < -0.3 is 28.5 Å². The standard InChI is InChI=1S/C27H27NO11/c1-17(35-24(30)20-12-14-34-15-13-20)36-27(33)39-28-16-21(37-25(31)18-8-4-2-5-9-18)22(23(28)29)38-26(32)19-10-6-3-7-11-19/h2-11,17,20-22H,12-16H2,1H3/t17-,21-,22+/m1/s1. The van der Waals surface area contributed by atoms with Gasteiger partial charge >= 0.3 is 30.0 Å². The number of esters is 3. The van der Waals surface area contributed by atoms with Crippen LogP contribution in [0.2, 0.25) is 0 Å². The zero-order chi connectivity index (χ0) is 27.8. The monoisotopic (exact) mass is 541 g/mol. The fourth-order valence-corrected chi connectivity index (χ4v) is 3.96. The van der Waals surface area contributed by atoms with Gasteiger partial charge in [0.1, 0.15) is 6.54 Å². The Labute approximate surface area is 223 Å². The third-order valence-corrected chi connectivity index (χ3v) is 5.97. The van der Waals surface area contributed by atoms with E-state index in [0.717, 1.165) is 0 Å². The lowest BCUT2D eigenvalue weighted by Gasteiger charge is -2.22. The van der Waals surface area contributed by atoms with Crippen molar-refractivity contribution in [1.82, 2.24) is 5.06 Å². The lowest BCUT2D eigenvalue weighted by atomic mass is 10.0. The van der Waals surface area contributed by atoms with Crippen molar-refractivity contribution in [3.8, 4) is 0 Å². The Morgan fingerprint density at radius 2 is 1.41 bits per heavy atom. The van der Waals surface area contributed by atoms with E-state index in [1.54, 1.807) is 36.4 Å². The normalized spacial score (nSPS) is 20.0. The number of nitrogens with zero attached hydrogens (tertiary/aromatic N) is 1. The zero-order valence-electron chi connectivity index (χ0n) is 21.1. The molecule has 0 N–H and O–H groups in total. The molecule has 2 aromatic carbocycles. The van der Waals surface area contributed by atoms with Gasteiger partial charge in [-0.25, -0.2) is 14.4 Å². The van der Waals surface area contributed by atoms with E-state index in [1.807, 2.05) is 0 Å². The number of amides is 1. The highest BCUT2D eigenvalue weighted by atomic mass is 16.9. The third kappa shape index (κ3) is 7.32. The van der Waals surface area contributed by atoms with E-state index in [1.165, 1.54) is 31.2 Å². The molecule has 0 bridgehead atoms. The summed E-state index contributed by atoms with van der Waals surface area (Å²) in [5.41, 5.74) is 0.370. The zero-order valence-corrected chi connectivity index (χ0v) is 21.1. The quantitative estimate of drug-likeness (QED) is 0.276. The van der Waals surface area contributed by atoms with Crippen molar-refractivity contribution in [2.24, 2.45) is 5.92 Å². The fraction of sp³-hybridized carbons (Fsp3) is 0.370. The van der Waals surface area contributed by atoms with Gasteiger partial charge in [0.15, 0.2) is 6.10 Å². The summed E-state index contributed by atoms with van der Waals surface area (Å²) in [6.07, 6.45) is -4.56. The fourth-order valence-electron chi connectivity index (χ4n) is 3.96. The van der Waals surface area contributed by atoms with Crippen molar-refractivity contribution in [2.45, 2.75) is 38.3 Å². The molecule has 12 nitrogen and oxygen atoms in total. The van der Waals surface area contributed by atoms with Gasteiger partial charge in [0.25, 0.3) is 0 Å². The lowest BCUT2D eigenvalue weighted by molar-refractivity contribution is -0.191. The number of ether oxygens (including phenoxy) is 5. The maximum absolute atomic E-state index is 13.0. The molecule has 3 atom stereocenters. The molecule has 2 heterocycles. The van der Waals surface area contributed by atoms with Crippen LogP contribution in [-0.2, 0) is 38.1 Å². The van der Waals surface area contributed by atoms with Crippen LogP contribution in [0.1, 0.15) is 40.5 Å². The molecule has 2 fully saturated rings. The number of hydroxylamine groups is 2. The number of hydrogen-bond acceptors (Lipinski definition) is 11. The van der Waals surface area contributed by atoms with Gasteiger partial charge in [-0.1, -0.05) is 36.4 Å². The average Bonchev–Trinajstić information content (AvgIpc) is 3.22. The maximum atomic E-state index is 13.0. The summed E-state index contributed by atoms with van der Waals surface area (Å²) in [6.45, 7) is 1.74. The van der Waals surface area contributed by atoms with Gasteiger partial charge in [-0.2, -0.15) is 5.06 Å². The highest BCUT2D eigenvalue weighted by Crippen LogP contribution is 2.23. The number of rotatable bonds is 8. The van der Waals surface area contributed by atoms with Crippen molar-refractivity contribution >= 4 is 30.0 Å². The van der Waals surface area contributed by atoms with Crippen LogP contribution in [-0.4, -0.2) is 73.3 Å². The number of carbonyl (C=O) groups excluding carboxylic acids is 5. The Morgan fingerprint density at radius 3 is 2.00 bits per heavy atom. The van der Waals surface area contributed by atoms with Crippen LogP contribution in [0, 0.1) is 5.92 Å². The van der Waals surface area contributed by atoms with E-state index in [-0.39, 0.29) is 17.0 Å². The van der Waals surface area contributed by atoms with Crippen LogP contribution >= 0.6 is 0 Å². The van der Waals surface area contributed by atoms with E-state index in [2.05, 4.69) is 0 Å². The number of benzene rings is 2. The Balaban J connectivity index is 1.39. The van der Waals surface area contributed by atoms with Crippen LogP contribution in [0.5, 0.6) is 0 Å². The summed E-state index contributed by atoms with van der Waals surface area (Å²) in [7, 11) is 0.